The predicted molar refractivity (Wildman–Crippen MR) is 71.7 cm³/mol. The van der Waals surface area contributed by atoms with Crippen LogP contribution in [0.2, 0.25) is 0 Å². The van der Waals surface area contributed by atoms with Gasteiger partial charge in [0, 0.05) is 56.4 Å². The van der Waals surface area contributed by atoms with E-state index < -0.39 is 0 Å². The molecular weight excluding hydrogens is 226 g/mol. The summed E-state index contributed by atoms with van der Waals surface area (Å²) in [6.07, 6.45) is 8.02. The molecular formula is C14H21N3O. The van der Waals surface area contributed by atoms with Gasteiger partial charge < -0.3 is 15.0 Å². The molecule has 1 N–H and O–H groups in total. The van der Waals surface area contributed by atoms with E-state index >= 15 is 0 Å². The summed E-state index contributed by atoms with van der Waals surface area (Å²) in [5, 5.41) is 3.56. The highest BCUT2D eigenvalue weighted by molar-refractivity contribution is 5.53. The number of anilines is 1. The van der Waals surface area contributed by atoms with Gasteiger partial charge in [-0.05, 0) is 25.3 Å². The molecule has 4 heteroatoms. The van der Waals surface area contributed by atoms with Crippen molar-refractivity contribution < 1.29 is 4.74 Å². The molecule has 18 heavy (non-hydrogen) atoms. The minimum absolute atomic E-state index is 0.377. The van der Waals surface area contributed by atoms with Crippen molar-refractivity contribution >= 4 is 5.69 Å². The van der Waals surface area contributed by atoms with Crippen molar-refractivity contribution in [2.24, 2.45) is 0 Å². The maximum absolute atomic E-state index is 5.44. The molecule has 0 aromatic carbocycles. The van der Waals surface area contributed by atoms with Gasteiger partial charge in [-0.2, -0.15) is 0 Å². The minimum atomic E-state index is 0.377. The van der Waals surface area contributed by atoms with Crippen molar-refractivity contribution in [1.29, 1.82) is 0 Å². The molecule has 1 aromatic rings. The predicted octanol–water partition coefficient (Wildman–Crippen LogP) is 1.56. The van der Waals surface area contributed by atoms with Gasteiger partial charge in [0.15, 0.2) is 0 Å². The highest BCUT2D eigenvalue weighted by Gasteiger charge is 2.25. The van der Waals surface area contributed by atoms with Crippen LogP contribution >= 0.6 is 0 Å². The Morgan fingerprint density at radius 1 is 1.44 bits per heavy atom. The van der Waals surface area contributed by atoms with Crippen molar-refractivity contribution in [1.82, 2.24) is 10.3 Å². The zero-order valence-corrected chi connectivity index (χ0v) is 10.9. The molecule has 1 aromatic heterocycles. The molecule has 2 aliphatic rings. The van der Waals surface area contributed by atoms with Crippen LogP contribution in [0.15, 0.2) is 18.5 Å². The van der Waals surface area contributed by atoms with E-state index in [0.717, 1.165) is 32.1 Å². The van der Waals surface area contributed by atoms with Crippen LogP contribution in [0.3, 0.4) is 0 Å². The summed E-state index contributed by atoms with van der Waals surface area (Å²) in [6, 6.07) is 2.87. The molecule has 2 fully saturated rings. The van der Waals surface area contributed by atoms with Gasteiger partial charge in [0.25, 0.3) is 0 Å². The van der Waals surface area contributed by atoms with Crippen LogP contribution in [0.5, 0.6) is 0 Å². The maximum Gasteiger partial charge on any atom is 0.0762 e. The molecule has 1 unspecified atom stereocenters. The summed E-state index contributed by atoms with van der Waals surface area (Å²) in [4.78, 5) is 6.67. The van der Waals surface area contributed by atoms with Gasteiger partial charge in [0.05, 0.1) is 6.10 Å². The number of hydrogen-bond donors (Lipinski definition) is 1. The van der Waals surface area contributed by atoms with E-state index in [2.05, 4.69) is 21.3 Å². The maximum atomic E-state index is 5.44. The fraction of sp³-hybridized carbons (Fsp3) is 0.643. The first-order chi connectivity index (χ1) is 8.86. The Labute approximate surface area is 108 Å². The fourth-order valence-electron chi connectivity index (χ4n) is 2.55. The summed E-state index contributed by atoms with van der Waals surface area (Å²) in [5.41, 5.74) is 2.62. The topological polar surface area (TPSA) is 37.4 Å². The van der Waals surface area contributed by atoms with E-state index in [1.807, 2.05) is 12.4 Å². The van der Waals surface area contributed by atoms with Gasteiger partial charge in [0.1, 0.15) is 0 Å². The van der Waals surface area contributed by atoms with Crippen LogP contribution in [-0.4, -0.2) is 37.3 Å². The minimum Gasteiger partial charge on any atom is -0.380 e. The average Bonchev–Trinajstić information content (AvgIpc) is 3.12. The van der Waals surface area contributed by atoms with E-state index in [4.69, 9.17) is 4.74 Å². The lowest BCUT2D eigenvalue weighted by Gasteiger charge is -2.21. The van der Waals surface area contributed by atoms with Crippen molar-refractivity contribution in [2.75, 3.05) is 25.1 Å². The quantitative estimate of drug-likeness (QED) is 0.857. The molecule has 0 amide bonds. The van der Waals surface area contributed by atoms with Gasteiger partial charge in [-0.1, -0.05) is 0 Å². The average molecular weight is 247 g/mol. The fourth-order valence-corrected chi connectivity index (χ4v) is 2.55. The van der Waals surface area contributed by atoms with Crippen LogP contribution in [0.25, 0.3) is 0 Å². The Bertz CT molecular complexity index is 406. The molecule has 0 radical (unpaired) electrons. The number of pyridine rings is 1. The summed E-state index contributed by atoms with van der Waals surface area (Å²) in [7, 11) is 1.80. The highest BCUT2D eigenvalue weighted by atomic mass is 16.5. The number of methoxy groups -OCH3 is 1. The lowest BCUT2D eigenvalue weighted by Crippen LogP contribution is -2.25. The van der Waals surface area contributed by atoms with E-state index in [1.54, 1.807) is 7.11 Å². The highest BCUT2D eigenvalue weighted by Crippen LogP contribution is 2.26. The lowest BCUT2D eigenvalue weighted by molar-refractivity contribution is 0.121. The van der Waals surface area contributed by atoms with Crippen LogP contribution in [0.4, 0.5) is 5.69 Å². The molecule has 0 bridgehead atoms. The first kappa shape index (κ1) is 11.9. The number of aromatic nitrogens is 1. The second-order valence-electron chi connectivity index (χ2n) is 5.25. The van der Waals surface area contributed by atoms with Crippen LogP contribution < -0.4 is 10.2 Å². The Balaban J connectivity index is 1.69. The first-order valence-electron chi connectivity index (χ1n) is 6.81. The van der Waals surface area contributed by atoms with Gasteiger partial charge >= 0.3 is 0 Å². The molecule has 0 spiro atoms. The molecule has 1 atom stereocenters. The SMILES string of the molecule is COC1CCN(c2ccncc2CNC2CC2)C1. The Hall–Kier alpha value is -1.13. The molecule has 1 saturated carbocycles. The number of ether oxygens (including phenoxy) is 1. The number of nitrogens with one attached hydrogen (secondary N) is 1. The second kappa shape index (κ2) is 5.24. The van der Waals surface area contributed by atoms with Crippen molar-refractivity contribution in [2.45, 2.75) is 38.0 Å². The normalized spacial score (nSPS) is 23.6. The van der Waals surface area contributed by atoms with Gasteiger partial charge in [0.2, 0.25) is 0 Å². The van der Waals surface area contributed by atoms with Crippen molar-refractivity contribution in [3.63, 3.8) is 0 Å². The third-order valence-corrected chi connectivity index (χ3v) is 3.86. The number of hydrogen-bond acceptors (Lipinski definition) is 4. The zero-order chi connectivity index (χ0) is 12.4. The summed E-state index contributed by atoms with van der Waals surface area (Å²) in [6.45, 7) is 3.01. The first-order valence-corrected chi connectivity index (χ1v) is 6.81. The molecule has 1 saturated heterocycles. The van der Waals surface area contributed by atoms with Crippen LogP contribution in [0, 0.1) is 0 Å². The van der Waals surface area contributed by atoms with E-state index in [-0.39, 0.29) is 0 Å². The van der Waals surface area contributed by atoms with Gasteiger partial charge in [-0.3, -0.25) is 4.98 Å². The molecule has 2 heterocycles. The molecule has 98 valence electrons. The van der Waals surface area contributed by atoms with Crippen LogP contribution in [-0.2, 0) is 11.3 Å². The lowest BCUT2D eigenvalue weighted by atomic mass is 10.2. The Morgan fingerprint density at radius 2 is 2.33 bits per heavy atom. The largest absolute Gasteiger partial charge is 0.380 e. The molecule has 3 rings (SSSR count). The van der Waals surface area contributed by atoms with Gasteiger partial charge in [-0.15, -0.1) is 0 Å². The molecule has 4 nitrogen and oxygen atoms in total. The van der Waals surface area contributed by atoms with E-state index in [1.165, 1.54) is 24.1 Å². The van der Waals surface area contributed by atoms with E-state index in [9.17, 15) is 0 Å². The molecule has 1 aliphatic carbocycles. The molecule has 1 aliphatic heterocycles. The third-order valence-electron chi connectivity index (χ3n) is 3.86. The second-order valence-corrected chi connectivity index (χ2v) is 5.25. The van der Waals surface area contributed by atoms with Crippen molar-refractivity contribution in [3.8, 4) is 0 Å². The van der Waals surface area contributed by atoms with Gasteiger partial charge in [-0.25, -0.2) is 0 Å². The zero-order valence-electron chi connectivity index (χ0n) is 10.9. The standard InChI is InChI=1S/C14H21N3O/c1-18-13-5-7-17(10-13)14-4-6-15-8-11(14)9-16-12-2-3-12/h4,6,8,12-13,16H,2-3,5,7,9-10H2,1H3. The van der Waals surface area contributed by atoms with Crippen molar-refractivity contribution in [3.05, 3.63) is 24.0 Å². The third kappa shape index (κ3) is 2.65. The number of nitrogens with zero attached hydrogens (tertiary/aromatic N) is 2. The summed E-state index contributed by atoms with van der Waals surface area (Å²) < 4.78 is 5.44. The monoisotopic (exact) mass is 247 g/mol. The Morgan fingerprint density at radius 3 is 3.06 bits per heavy atom. The number of rotatable bonds is 5. The summed E-state index contributed by atoms with van der Waals surface area (Å²) >= 11 is 0. The van der Waals surface area contributed by atoms with Crippen LogP contribution in [0.1, 0.15) is 24.8 Å². The van der Waals surface area contributed by atoms with E-state index in [0.29, 0.717) is 6.10 Å². The summed E-state index contributed by atoms with van der Waals surface area (Å²) in [5.74, 6) is 0. The smallest absolute Gasteiger partial charge is 0.0762 e. The Kier molecular flexibility index (Phi) is 3.48.